The molecular formula is C12H14BrNO. The molecule has 0 aliphatic rings. The number of hydrogen-bond donors (Lipinski definition) is 0. The number of nitrogens with zero attached hydrogens (tertiary/aromatic N) is 1. The van der Waals surface area contributed by atoms with Crippen LogP contribution in [0.15, 0.2) is 27.6 Å². The van der Waals surface area contributed by atoms with Gasteiger partial charge in [0.25, 0.3) is 5.56 Å². The first-order valence-corrected chi connectivity index (χ1v) is 5.54. The molecule has 1 rings (SSSR count). The molecule has 0 saturated heterocycles. The number of pyridine rings is 1. The minimum atomic E-state index is -0.0265. The van der Waals surface area contributed by atoms with E-state index in [1.807, 2.05) is 20.8 Å². The van der Waals surface area contributed by atoms with Crippen LogP contribution < -0.4 is 5.56 Å². The van der Waals surface area contributed by atoms with Gasteiger partial charge in [0.1, 0.15) is 0 Å². The lowest BCUT2D eigenvalue weighted by Crippen LogP contribution is -2.17. The summed E-state index contributed by atoms with van der Waals surface area (Å²) in [4.78, 5) is 11.4. The molecular weight excluding hydrogens is 254 g/mol. The molecule has 0 bridgehead atoms. The third-order valence-corrected chi connectivity index (χ3v) is 2.13. The van der Waals surface area contributed by atoms with Crippen LogP contribution in [0.5, 0.6) is 0 Å². The Morgan fingerprint density at radius 1 is 1.40 bits per heavy atom. The van der Waals surface area contributed by atoms with Gasteiger partial charge in [-0.3, -0.25) is 4.79 Å². The highest BCUT2D eigenvalue weighted by molar-refractivity contribution is 9.10. The van der Waals surface area contributed by atoms with Crippen LogP contribution in [0.4, 0.5) is 0 Å². The molecule has 0 radical (unpaired) electrons. The molecule has 3 heteroatoms. The van der Waals surface area contributed by atoms with E-state index >= 15 is 0 Å². The smallest absolute Gasteiger partial charge is 0.251 e. The zero-order valence-corrected chi connectivity index (χ0v) is 10.8. The second-order valence-corrected chi connectivity index (χ2v) is 5.28. The third-order valence-electron chi connectivity index (χ3n) is 1.66. The lowest BCUT2D eigenvalue weighted by Gasteiger charge is -2.07. The summed E-state index contributed by atoms with van der Waals surface area (Å²) in [6.45, 7) is 6.58. The van der Waals surface area contributed by atoms with Crippen LogP contribution in [0.1, 0.15) is 20.8 Å². The number of halogens is 1. The van der Waals surface area contributed by atoms with E-state index < -0.39 is 0 Å². The minimum absolute atomic E-state index is 0.0182. The van der Waals surface area contributed by atoms with Crippen LogP contribution in [-0.4, -0.2) is 4.57 Å². The van der Waals surface area contributed by atoms with Crippen molar-refractivity contribution in [3.63, 3.8) is 0 Å². The summed E-state index contributed by atoms with van der Waals surface area (Å²) in [6, 6.07) is 3.26. The molecule has 1 aromatic rings. The summed E-state index contributed by atoms with van der Waals surface area (Å²) in [5.41, 5.74) is -0.0447. The molecule has 0 aliphatic heterocycles. The van der Waals surface area contributed by atoms with Crippen molar-refractivity contribution in [2.24, 2.45) is 5.41 Å². The predicted molar refractivity (Wildman–Crippen MR) is 65.6 cm³/mol. The van der Waals surface area contributed by atoms with Gasteiger partial charge in [-0.15, -0.1) is 0 Å². The first kappa shape index (κ1) is 12.1. The quantitative estimate of drug-likeness (QED) is 0.718. The van der Waals surface area contributed by atoms with Gasteiger partial charge in [-0.05, 0) is 42.8 Å². The number of aromatic nitrogens is 1. The summed E-state index contributed by atoms with van der Waals surface area (Å²) in [7, 11) is 0. The van der Waals surface area contributed by atoms with E-state index in [-0.39, 0.29) is 11.0 Å². The van der Waals surface area contributed by atoms with E-state index in [0.29, 0.717) is 6.54 Å². The largest absolute Gasteiger partial charge is 0.303 e. The van der Waals surface area contributed by atoms with Crippen molar-refractivity contribution in [1.82, 2.24) is 4.57 Å². The molecule has 0 amide bonds. The Hall–Kier alpha value is -1.01. The van der Waals surface area contributed by atoms with Crippen LogP contribution in [-0.2, 0) is 6.54 Å². The monoisotopic (exact) mass is 267 g/mol. The molecule has 15 heavy (non-hydrogen) atoms. The fraction of sp³-hybridized carbons (Fsp3) is 0.417. The van der Waals surface area contributed by atoms with Gasteiger partial charge < -0.3 is 4.57 Å². The van der Waals surface area contributed by atoms with E-state index in [9.17, 15) is 4.79 Å². The van der Waals surface area contributed by atoms with Crippen molar-refractivity contribution in [1.29, 1.82) is 0 Å². The van der Waals surface area contributed by atoms with Gasteiger partial charge in [0.2, 0.25) is 0 Å². The Morgan fingerprint density at radius 3 is 2.67 bits per heavy atom. The van der Waals surface area contributed by atoms with Crippen LogP contribution in [0.3, 0.4) is 0 Å². The standard InChI is InChI=1S/C12H14BrNO/c1-12(2,3)7-4-8-14-9-10(13)5-6-11(14)15/h5-6,9H,8H2,1-3H3. The molecule has 0 atom stereocenters. The molecule has 0 N–H and O–H groups in total. The van der Waals surface area contributed by atoms with Crippen molar-refractivity contribution in [3.05, 3.63) is 33.2 Å². The lowest BCUT2D eigenvalue weighted by molar-refractivity contribution is 0.569. The zero-order chi connectivity index (χ0) is 11.5. The molecule has 0 fully saturated rings. The van der Waals surface area contributed by atoms with Gasteiger partial charge in [0, 0.05) is 22.2 Å². The van der Waals surface area contributed by atoms with Crippen molar-refractivity contribution in [3.8, 4) is 11.8 Å². The summed E-state index contributed by atoms with van der Waals surface area (Å²) in [5, 5.41) is 0. The molecule has 0 unspecified atom stereocenters. The fourth-order valence-electron chi connectivity index (χ4n) is 1.02. The van der Waals surface area contributed by atoms with Gasteiger partial charge in [-0.2, -0.15) is 0 Å². The van der Waals surface area contributed by atoms with Gasteiger partial charge in [-0.25, -0.2) is 0 Å². The Kier molecular flexibility index (Phi) is 3.76. The summed E-state index contributed by atoms with van der Waals surface area (Å²) in [6.07, 6.45) is 1.75. The van der Waals surface area contributed by atoms with Crippen molar-refractivity contribution < 1.29 is 0 Å². The number of hydrogen-bond acceptors (Lipinski definition) is 1. The highest BCUT2D eigenvalue weighted by atomic mass is 79.9. The van der Waals surface area contributed by atoms with Gasteiger partial charge in [-0.1, -0.05) is 11.8 Å². The molecule has 80 valence electrons. The zero-order valence-electron chi connectivity index (χ0n) is 9.17. The van der Waals surface area contributed by atoms with Crippen LogP contribution in [0, 0.1) is 17.3 Å². The molecule has 1 heterocycles. The number of rotatable bonds is 1. The Bertz CT molecular complexity index is 457. The molecule has 0 aromatic carbocycles. The lowest BCUT2D eigenvalue weighted by atomic mass is 9.98. The second-order valence-electron chi connectivity index (χ2n) is 4.37. The summed E-state index contributed by atoms with van der Waals surface area (Å²) < 4.78 is 2.47. The van der Waals surface area contributed by atoms with Gasteiger partial charge in [0.05, 0.1) is 6.54 Å². The van der Waals surface area contributed by atoms with Crippen molar-refractivity contribution >= 4 is 15.9 Å². The average molecular weight is 268 g/mol. The van der Waals surface area contributed by atoms with Gasteiger partial charge in [0.15, 0.2) is 0 Å². The first-order chi connectivity index (χ1) is 6.88. The molecule has 0 saturated carbocycles. The van der Waals surface area contributed by atoms with Crippen molar-refractivity contribution in [2.45, 2.75) is 27.3 Å². The van der Waals surface area contributed by atoms with Gasteiger partial charge >= 0.3 is 0 Å². The molecule has 0 spiro atoms. The SMILES string of the molecule is CC(C)(C)C#CCn1cc(Br)ccc1=O. The van der Waals surface area contributed by atoms with Crippen LogP contribution in [0.2, 0.25) is 0 Å². The Balaban J connectivity index is 2.85. The molecule has 2 nitrogen and oxygen atoms in total. The second kappa shape index (κ2) is 4.67. The first-order valence-electron chi connectivity index (χ1n) is 4.74. The van der Waals surface area contributed by atoms with Crippen molar-refractivity contribution in [2.75, 3.05) is 0 Å². The molecule has 0 aliphatic carbocycles. The topological polar surface area (TPSA) is 22.0 Å². The molecule has 1 aromatic heterocycles. The average Bonchev–Trinajstić information content (AvgIpc) is 2.09. The summed E-state index contributed by atoms with van der Waals surface area (Å²) >= 11 is 3.32. The van der Waals surface area contributed by atoms with E-state index in [0.717, 1.165) is 4.47 Å². The minimum Gasteiger partial charge on any atom is -0.303 e. The fourth-order valence-corrected chi connectivity index (χ4v) is 1.39. The maximum absolute atomic E-state index is 11.4. The summed E-state index contributed by atoms with van der Waals surface area (Å²) in [5.74, 6) is 6.09. The third kappa shape index (κ3) is 4.35. The maximum Gasteiger partial charge on any atom is 0.251 e. The van der Waals surface area contributed by atoms with E-state index in [1.54, 1.807) is 16.8 Å². The normalized spacial score (nSPS) is 10.7. The van der Waals surface area contributed by atoms with Crippen LogP contribution >= 0.6 is 15.9 Å². The highest BCUT2D eigenvalue weighted by Gasteiger charge is 2.03. The maximum atomic E-state index is 11.4. The van der Waals surface area contributed by atoms with E-state index in [2.05, 4.69) is 27.8 Å². The predicted octanol–water partition coefficient (Wildman–Crippen LogP) is 2.66. The van der Waals surface area contributed by atoms with E-state index in [4.69, 9.17) is 0 Å². The Labute approximate surface area is 98.4 Å². The highest BCUT2D eigenvalue weighted by Crippen LogP contribution is 2.09. The van der Waals surface area contributed by atoms with Crippen LogP contribution in [0.25, 0.3) is 0 Å². The van der Waals surface area contributed by atoms with E-state index in [1.165, 1.54) is 6.07 Å². The Morgan fingerprint density at radius 2 is 2.07 bits per heavy atom.